The van der Waals surface area contributed by atoms with Gasteiger partial charge < -0.3 is 5.32 Å². The van der Waals surface area contributed by atoms with Crippen molar-refractivity contribution in [2.45, 2.75) is 46.6 Å². The Morgan fingerprint density at radius 2 is 2.00 bits per heavy atom. The van der Waals surface area contributed by atoms with Gasteiger partial charge in [0.15, 0.2) is 5.15 Å². The SMILES string of the molecule is Cc1ccnc(Cl)c1NC(C)CCC(C)C. The molecule has 0 bridgehead atoms. The van der Waals surface area contributed by atoms with Crippen LogP contribution < -0.4 is 5.32 Å². The number of hydrogen-bond acceptors (Lipinski definition) is 2. The normalized spacial score (nSPS) is 12.9. The first-order valence-electron chi connectivity index (χ1n) is 5.88. The van der Waals surface area contributed by atoms with Gasteiger partial charge in [0.05, 0.1) is 5.69 Å². The van der Waals surface area contributed by atoms with E-state index in [1.165, 1.54) is 6.42 Å². The maximum absolute atomic E-state index is 6.06. The van der Waals surface area contributed by atoms with Gasteiger partial charge in [-0.25, -0.2) is 4.98 Å². The lowest BCUT2D eigenvalue weighted by Crippen LogP contribution is -2.17. The molecule has 1 heterocycles. The molecule has 16 heavy (non-hydrogen) atoms. The third-order valence-corrected chi connectivity index (χ3v) is 2.97. The van der Waals surface area contributed by atoms with E-state index in [1.54, 1.807) is 6.20 Å². The van der Waals surface area contributed by atoms with E-state index in [-0.39, 0.29) is 0 Å². The molecule has 0 saturated heterocycles. The largest absolute Gasteiger partial charge is 0.380 e. The van der Waals surface area contributed by atoms with E-state index in [0.717, 1.165) is 23.6 Å². The minimum Gasteiger partial charge on any atom is -0.380 e. The fraction of sp³-hybridized carbons (Fsp3) is 0.615. The number of aromatic nitrogens is 1. The second-order valence-electron chi connectivity index (χ2n) is 4.81. The van der Waals surface area contributed by atoms with Crippen LogP contribution in [0.3, 0.4) is 0 Å². The molecule has 0 aliphatic heterocycles. The molecule has 0 aliphatic carbocycles. The van der Waals surface area contributed by atoms with Gasteiger partial charge in [-0.15, -0.1) is 0 Å². The van der Waals surface area contributed by atoms with Crippen LogP contribution in [0.1, 0.15) is 39.2 Å². The summed E-state index contributed by atoms with van der Waals surface area (Å²) in [6, 6.07) is 2.41. The van der Waals surface area contributed by atoms with E-state index in [2.05, 4.69) is 31.1 Å². The summed E-state index contributed by atoms with van der Waals surface area (Å²) in [6.45, 7) is 8.72. The molecule has 0 fully saturated rings. The van der Waals surface area contributed by atoms with Gasteiger partial charge in [-0.3, -0.25) is 0 Å². The van der Waals surface area contributed by atoms with Gasteiger partial charge in [-0.2, -0.15) is 0 Å². The molecule has 3 heteroatoms. The number of halogens is 1. The molecule has 0 saturated carbocycles. The van der Waals surface area contributed by atoms with E-state index in [9.17, 15) is 0 Å². The molecule has 0 amide bonds. The summed E-state index contributed by atoms with van der Waals surface area (Å²) < 4.78 is 0. The molecule has 0 aromatic carbocycles. The molecule has 1 rings (SSSR count). The second kappa shape index (κ2) is 6.09. The average Bonchev–Trinajstić information content (AvgIpc) is 2.21. The fourth-order valence-electron chi connectivity index (χ4n) is 1.60. The molecule has 2 nitrogen and oxygen atoms in total. The first-order chi connectivity index (χ1) is 7.50. The molecule has 0 aliphatic rings. The Morgan fingerprint density at radius 1 is 1.31 bits per heavy atom. The van der Waals surface area contributed by atoms with Crippen LogP contribution in [-0.2, 0) is 0 Å². The number of nitrogens with one attached hydrogen (secondary N) is 1. The Bertz CT molecular complexity index is 316. The number of aryl methyl sites for hydroxylation is 1. The van der Waals surface area contributed by atoms with Crippen molar-refractivity contribution in [1.82, 2.24) is 4.98 Å². The lowest BCUT2D eigenvalue weighted by molar-refractivity contribution is 0.527. The third kappa shape index (κ3) is 4.01. The van der Waals surface area contributed by atoms with Gasteiger partial charge >= 0.3 is 0 Å². The van der Waals surface area contributed by atoms with Crippen molar-refractivity contribution in [3.63, 3.8) is 0 Å². The van der Waals surface area contributed by atoms with Crippen molar-refractivity contribution < 1.29 is 0 Å². The smallest absolute Gasteiger partial charge is 0.152 e. The molecule has 1 N–H and O–H groups in total. The predicted octanol–water partition coefficient (Wildman–Crippen LogP) is 4.28. The number of hydrogen-bond donors (Lipinski definition) is 1. The predicted molar refractivity (Wildman–Crippen MR) is 71.1 cm³/mol. The standard InChI is InChI=1S/C13H21ClN2/c1-9(2)5-6-11(4)16-12-10(3)7-8-15-13(12)14/h7-9,11,16H,5-6H2,1-4H3. The summed E-state index contributed by atoms with van der Waals surface area (Å²) in [5.74, 6) is 0.745. The Labute approximate surface area is 103 Å². The fourth-order valence-corrected chi connectivity index (χ4v) is 1.86. The molecule has 1 aromatic rings. The van der Waals surface area contributed by atoms with Gasteiger partial charge in [0.2, 0.25) is 0 Å². The van der Waals surface area contributed by atoms with Crippen LogP contribution in [0.4, 0.5) is 5.69 Å². The Hall–Kier alpha value is -0.760. The molecule has 0 spiro atoms. The summed E-state index contributed by atoms with van der Waals surface area (Å²) in [5, 5.41) is 4.01. The van der Waals surface area contributed by atoms with E-state index in [0.29, 0.717) is 11.2 Å². The summed E-state index contributed by atoms with van der Waals surface area (Å²) in [4.78, 5) is 4.09. The minimum absolute atomic E-state index is 0.433. The van der Waals surface area contributed by atoms with Gasteiger partial charge in [0.1, 0.15) is 0 Å². The highest BCUT2D eigenvalue weighted by Gasteiger charge is 2.09. The Morgan fingerprint density at radius 3 is 2.56 bits per heavy atom. The zero-order chi connectivity index (χ0) is 12.1. The van der Waals surface area contributed by atoms with E-state index in [1.807, 2.05) is 13.0 Å². The van der Waals surface area contributed by atoms with Crippen molar-refractivity contribution in [3.8, 4) is 0 Å². The van der Waals surface area contributed by atoms with Gasteiger partial charge in [-0.05, 0) is 44.2 Å². The summed E-state index contributed by atoms with van der Waals surface area (Å²) in [6.07, 6.45) is 4.12. The van der Waals surface area contributed by atoms with Gasteiger partial charge in [0, 0.05) is 12.2 Å². The zero-order valence-electron chi connectivity index (χ0n) is 10.5. The van der Waals surface area contributed by atoms with Crippen molar-refractivity contribution in [1.29, 1.82) is 0 Å². The van der Waals surface area contributed by atoms with Crippen molar-refractivity contribution in [2.24, 2.45) is 5.92 Å². The highest BCUT2D eigenvalue weighted by atomic mass is 35.5. The number of anilines is 1. The molecule has 0 radical (unpaired) electrons. The van der Waals surface area contributed by atoms with E-state index in [4.69, 9.17) is 11.6 Å². The maximum Gasteiger partial charge on any atom is 0.152 e. The van der Waals surface area contributed by atoms with Crippen molar-refractivity contribution >= 4 is 17.3 Å². The van der Waals surface area contributed by atoms with Crippen LogP contribution in [0.2, 0.25) is 5.15 Å². The van der Waals surface area contributed by atoms with Crippen LogP contribution in [0.25, 0.3) is 0 Å². The lowest BCUT2D eigenvalue weighted by atomic mass is 10.0. The molecule has 1 atom stereocenters. The maximum atomic E-state index is 6.06. The highest BCUT2D eigenvalue weighted by Crippen LogP contribution is 2.24. The highest BCUT2D eigenvalue weighted by molar-refractivity contribution is 6.32. The number of rotatable bonds is 5. The van der Waals surface area contributed by atoms with Crippen molar-refractivity contribution in [2.75, 3.05) is 5.32 Å². The zero-order valence-corrected chi connectivity index (χ0v) is 11.3. The monoisotopic (exact) mass is 240 g/mol. The number of nitrogens with zero attached hydrogens (tertiary/aromatic N) is 1. The van der Waals surface area contributed by atoms with Gasteiger partial charge in [-0.1, -0.05) is 25.4 Å². The first-order valence-corrected chi connectivity index (χ1v) is 6.26. The van der Waals surface area contributed by atoms with Crippen LogP contribution in [0, 0.1) is 12.8 Å². The van der Waals surface area contributed by atoms with Crippen LogP contribution in [0.15, 0.2) is 12.3 Å². The van der Waals surface area contributed by atoms with Crippen molar-refractivity contribution in [3.05, 3.63) is 23.0 Å². The Balaban J connectivity index is 2.59. The number of pyridine rings is 1. The van der Waals surface area contributed by atoms with Crippen LogP contribution in [-0.4, -0.2) is 11.0 Å². The van der Waals surface area contributed by atoms with E-state index < -0.39 is 0 Å². The second-order valence-corrected chi connectivity index (χ2v) is 5.17. The van der Waals surface area contributed by atoms with Crippen LogP contribution >= 0.6 is 11.6 Å². The molecular formula is C13H21ClN2. The van der Waals surface area contributed by atoms with Crippen LogP contribution in [0.5, 0.6) is 0 Å². The lowest BCUT2D eigenvalue weighted by Gasteiger charge is -2.18. The molecular weight excluding hydrogens is 220 g/mol. The summed E-state index contributed by atoms with van der Waals surface area (Å²) >= 11 is 6.06. The average molecular weight is 241 g/mol. The molecule has 90 valence electrons. The summed E-state index contributed by atoms with van der Waals surface area (Å²) in [7, 11) is 0. The Kier molecular flexibility index (Phi) is 5.07. The quantitative estimate of drug-likeness (QED) is 0.777. The molecule has 1 unspecified atom stereocenters. The first kappa shape index (κ1) is 13.3. The molecule has 1 aromatic heterocycles. The third-order valence-electron chi connectivity index (χ3n) is 2.68. The summed E-state index contributed by atoms with van der Waals surface area (Å²) in [5.41, 5.74) is 2.12. The topological polar surface area (TPSA) is 24.9 Å². The van der Waals surface area contributed by atoms with Gasteiger partial charge in [0.25, 0.3) is 0 Å². The van der Waals surface area contributed by atoms with E-state index >= 15 is 0 Å². The minimum atomic E-state index is 0.433.